The Morgan fingerprint density at radius 2 is 2.00 bits per heavy atom. The van der Waals surface area contributed by atoms with E-state index in [0.717, 1.165) is 12.8 Å². The molecule has 0 atom stereocenters. The first-order valence-electron chi connectivity index (χ1n) is 4.36. The lowest BCUT2D eigenvalue weighted by Gasteiger charge is -2.24. The number of alkyl halides is 1. The van der Waals surface area contributed by atoms with Crippen molar-refractivity contribution in [2.24, 2.45) is 5.73 Å². The molecule has 4 heteroatoms. The molecule has 12 heavy (non-hydrogen) atoms. The van der Waals surface area contributed by atoms with E-state index < -0.39 is 6.17 Å². The van der Waals surface area contributed by atoms with E-state index >= 15 is 0 Å². The first-order chi connectivity index (χ1) is 5.72. The zero-order valence-corrected chi connectivity index (χ0v) is 7.05. The average Bonchev–Trinajstić information content (AvgIpc) is 2.09. The van der Waals surface area contributed by atoms with Gasteiger partial charge in [-0.25, -0.2) is 4.39 Å². The van der Waals surface area contributed by atoms with Gasteiger partial charge in [-0.1, -0.05) is 0 Å². The van der Waals surface area contributed by atoms with Crippen LogP contribution in [0.3, 0.4) is 0 Å². The number of rotatable bonds is 2. The summed E-state index contributed by atoms with van der Waals surface area (Å²) in [4.78, 5) is 10.8. The molecule has 1 rings (SSSR count). The first-order valence-corrected chi connectivity index (χ1v) is 4.36. The molecule has 3 nitrogen and oxygen atoms in total. The second-order valence-electron chi connectivity index (χ2n) is 3.22. The molecule has 0 aromatic carbocycles. The third kappa shape index (κ3) is 2.77. The van der Waals surface area contributed by atoms with Crippen molar-refractivity contribution < 1.29 is 9.18 Å². The summed E-state index contributed by atoms with van der Waals surface area (Å²) in [6, 6.07) is 0.146. The number of halogens is 1. The van der Waals surface area contributed by atoms with Crippen molar-refractivity contribution in [1.29, 1.82) is 0 Å². The van der Waals surface area contributed by atoms with Crippen molar-refractivity contribution in [3.63, 3.8) is 0 Å². The van der Waals surface area contributed by atoms with Gasteiger partial charge in [0.2, 0.25) is 5.91 Å². The summed E-state index contributed by atoms with van der Waals surface area (Å²) in [5.41, 5.74) is 5.13. The molecule has 0 spiro atoms. The summed E-state index contributed by atoms with van der Waals surface area (Å²) in [6.07, 6.45) is 1.95. The molecule has 0 radical (unpaired) electrons. The lowest BCUT2D eigenvalue weighted by molar-refractivity contribution is -0.120. The van der Waals surface area contributed by atoms with Gasteiger partial charge < -0.3 is 11.1 Å². The number of nitrogens with one attached hydrogen (secondary N) is 1. The maximum absolute atomic E-state index is 12.6. The minimum absolute atomic E-state index is 0.0234. The van der Waals surface area contributed by atoms with E-state index in [4.69, 9.17) is 5.73 Å². The molecule has 1 aliphatic rings. The van der Waals surface area contributed by atoms with Gasteiger partial charge in [0.25, 0.3) is 0 Å². The van der Waals surface area contributed by atoms with Gasteiger partial charge in [-0.2, -0.15) is 0 Å². The molecule has 1 amide bonds. The molecule has 70 valence electrons. The molecule has 3 N–H and O–H groups in total. The Morgan fingerprint density at radius 3 is 2.50 bits per heavy atom. The predicted molar refractivity (Wildman–Crippen MR) is 44.3 cm³/mol. The smallest absolute Gasteiger partial charge is 0.233 e. The molecule has 0 bridgehead atoms. The fraction of sp³-hybridized carbons (Fsp3) is 0.875. The second-order valence-corrected chi connectivity index (χ2v) is 3.22. The Balaban J connectivity index is 2.21. The highest BCUT2D eigenvalue weighted by Gasteiger charge is 2.21. The van der Waals surface area contributed by atoms with Gasteiger partial charge >= 0.3 is 0 Å². The highest BCUT2D eigenvalue weighted by molar-refractivity contribution is 5.78. The van der Waals surface area contributed by atoms with E-state index in [1.807, 2.05) is 0 Å². The quantitative estimate of drug-likeness (QED) is 0.634. The molecule has 0 saturated heterocycles. The van der Waals surface area contributed by atoms with Crippen LogP contribution in [-0.4, -0.2) is 24.7 Å². The highest BCUT2D eigenvalue weighted by atomic mass is 19.1. The summed E-state index contributed by atoms with van der Waals surface area (Å²) in [5, 5.41) is 2.76. The molecular formula is C8H15FN2O. The van der Waals surface area contributed by atoms with Gasteiger partial charge in [-0.3, -0.25) is 4.79 Å². The Kier molecular flexibility index (Phi) is 3.47. The summed E-state index contributed by atoms with van der Waals surface area (Å²) in [6.45, 7) is 0.0234. The van der Waals surface area contributed by atoms with Crippen LogP contribution in [0, 0.1) is 0 Å². The van der Waals surface area contributed by atoms with E-state index in [1.165, 1.54) is 0 Å². The molecule has 1 saturated carbocycles. The molecule has 1 aliphatic carbocycles. The Labute approximate surface area is 71.5 Å². The molecule has 0 unspecified atom stereocenters. The van der Waals surface area contributed by atoms with Crippen molar-refractivity contribution in [1.82, 2.24) is 5.32 Å². The maximum atomic E-state index is 12.6. The fourth-order valence-electron chi connectivity index (χ4n) is 1.48. The van der Waals surface area contributed by atoms with Crippen LogP contribution in [0.15, 0.2) is 0 Å². The van der Waals surface area contributed by atoms with Gasteiger partial charge in [-0.15, -0.1) is 0 Å². The largest absolute Gasteiger partial charge is 0.352 e. The number of amides is 1. The monoisotopic (exact) mass is 174 g/mol. The van der Waals surface area contributed by atoms with Crippen LogP contribution < -0.4 is 11.1 Å². The summed E-state index contributed by atoms with van der Waals surface area (Å²) in [7, 11) is 0. The third-order valence-corrected chi connectivity index (χ3v) is 2.21. The minimum atomic E-state index is -0.670. The lowest BCUT2D eigenvalue weighted by atomic mass is 9.94. The molecule has 0 aromatic rings. The minimum Gasteiger partial charge on any atom is -0.352 e. The second kappa shape index (κ2) is 4.40. The topological polar surface area (TPSA) is 55.1 Å². The van der Waals surface area contributed by atoms with Gasteiger partial charge in [0.15, 0.2) is 0 Å². The van der Waals surface area contributed by atoms with Crippen LogP contribution in [0.25, 0.3) is 0 Å². The molecule has 0 aliphatic heterocycles. The van der Waals surface area contributed by atoms with Crippen LogP contribution in [0.1, 0.15) is 25.7 Å². The normalized spacial score (nSPS) is 29.8. The number of carbonyl (C=O) groups is 1. The van der Waals surface area contributed by atoms with E-state index in [2.05, 4.69) is 5.32 Å². The lowest BCUT2D eigenvalue weighted by Crippen LogP contribution is -2.41. The Morgan fingerprint density at radius 1 is 1.42 bits per heavy atom. The van der Waals surface area contributed by atoms with E-state index in [1.54, 1.807) is 0 Å². The summed E-state index contributed by atoms with van der Waals surface area (Å²) >= 11 is 0. The zero-order valence-electron chi connectivity index (χ0n) is 7.05. The highest BCUT2D eigenvalue weighted by Crippen LogP contribution is 2.20. The van der Waals surface area contributed by atoms with E-state index in [0.29, 0.717) is 12.8 Å². The zero-order chi connectivity index (χ0) is 8.97. The first kappa shape index (κ1) is 9.45. The number of hydrogen-bond acceptors (Lipinski definition) is 2. The number of nitrogens with two attached hydrogens (primary N) is 1. The van der Waals surface area contributed by atoms with Gasteiger partial charge in [0.05, 0.1) is 6.54 Å². The average molecular weight is 174 g/mol. The maximum Gasteiger partial charge on any atom is 0.233 e. The summed E-state index contributed by atoms with van der Waals surface area (Å²) in [5.74, 6) is -0.141. The van der Waals surface area contributed by atoms with Crippen molar-refractivity contribution in [2.75, 3.05) is 6.54 Å². The van der Waals surface area contributed by atoms with E-state index in [-0.39, 0.29) is 18.5 Å². The number of hydrogen-bond donors (Lipinski definition) is 2. The van der Waals surface area contributed by atoms with Crippen LogP contribution in [0.4, 0.5) is 4.39 Å². The SMILES string of the molecule is NCC(=O)NC1CCC(F)CC1. The van der Waals surface area contributed by atoms with Crippen LogP contribution in [0.2, 0.25) is 0 Å². The Bertz CT molecular complexity index is 155. The standard InChI is InChI=1S/C8H15FN2O/c9-6-1-3-7(4-2-6)11-8(12)5-10/h6-7H,1-5,10H2,(H,11,12). The number of carbonyl (C=O) groups excluding carboxylic acids is 1. The fourth-order valence-corrected chi connectivity index (χ4v) is 1.48. The van der Waals surface area contributed by atoms with Gasteiger partial charge in [0.1, 0.15) is 6.17 Å². The predicted octanol–water partition coefficient (Wildman–Crippen LogP) is 0.342. The van der Waals surface area contributed by atoms with Gasteiger partial charge in [0, 0.05) is 6.04 Å². The van der Waals surface area contributed by atoms with E-state index in [9.17, 15) is 9.18 Å². The molecule has 0 heterocycles. The van der Waals surface area contributed by atoms with Crippen molar-refractivity contribution >= 4 is 5.91 Å². The molecule has 1 fully saturated rings. The van der Waals surface area contributed by atoms with Gasteiger partial charge in [-0.05, 0) is 25.7 Å². The molecular weight excluding hydrogens is 159 g/mol. The molecule has 0 aromatic heterocycles. The van der Waals surface area contributed by atoms with Crippen LogP contribution in [-0.2, 0) is 4.79 Å². The third-order valence-electron chi connectivity index (χ3n) is 2.21. The van der Waals surface area contributed by atoms with Crippen LogP contribution >= 0.6 is 0 Å². The summed E-state index contributed by atoms with van der Waals surface area (Å²) < 4.78 is 12.6. The Hall–Kier alpha value is -0.640. The van der Waals surface area contributed by atoms with Crippen molar-refractivity contribution in [3.8, 4) is 0 Å². The van der Waals surface area contributed by atoms with Crippen molar-refractivity contribution in [3.05, 3.63) is 0 Å². The van der Waals surface area contributed by atoms with Crippen molar-refractivity contribution in [2.45, 2.75) is 37.9 Å². The van der Waals surface area contributed by atoms with Crippen LogP contribution in [0.5, 0.6) is 0 Å².